The van der Waals surface area contributed by atoms with Crippen molar-refractivity contribution in [3.8, 4) is 0 Å². The summed E-state index contributed by atoms with van der Waals surface area (Å²) >= 11 is 0. The number of hydrogen-bond donors (Lipinski definition) is 1. The summed E-state index contributed by atoms with van der Waals surface area (Å²) in [5, 5.41) is 2.74. The van der Waals surface area contributed by atoms with Crippen LogP contribution in [0.3, 0.4) is 0 Å². The Balaban J connectivity index is 1.78. The lowest BCUT2D eigenvalue weighted by atomic mass is 10.1. The van der Waals surface area contributed by atoms with E-state index in [0.29, 0.717) is 34.3 Å². The number of anilines is 1. The monoisotopic (exact) mass is 316 g/mol. The zero-order valence-electron chi connectivity index (χ0n) is 11.4. The van der Waals surface area contributed by atoms with Crippen molar-refractivity contribution < 1.29 is 18.5 Å². The van der Waals surface area contributed by atoms with Gasteiger partial charge in [0.25, 0.3) is 11.7 Å². The number of aromatic nitrogens is 1. The maximum atomic E-state index is 12.6. The van der Waals surface area contributed by atoms with Crippen molar-refractivity contribution in [1.29, 1.82) is 0 Å². The number of nitrogens with zero attached hydrogens (tertiary/aromatic N) is 1. The third-order valence-electron chi connectivity index (χ3n) is 3.66. The number of nitrogens with one attached hydrogen (secondary N) is 1. The van der Waals surface area contributed by atoms with Crippen LogP contribution in [0.5, 0.6) is 0 Å². The Morgan fingerprint density at radius 1 is 1.09 bits per heavy atom. The molecular formula is C15H12N2O4S. The maximum Gasteiger partial charge on any atom is 0.289 e. The van der Waals surface area contributed by atoms with Gasteiger partial charge in [-0.3, -0.25) is 9.78 Å². The second kappa shape index (κ2) is 4.98. The summed E-state index contributed by atoms with van der Waals surface area (Å²) < 4.78 is 23.7. The van der Waals surface area contributed by atoms with Crippen LogP contribution in [0, 0.1) is 0 Å². The van der Waals surface area contributed by atoms with E-state index in [-0.39, 0.29) is 5.91 Å². The topological polar surface area (TPSA) is 77.5 Å². The minimum atomic E-state index is -1.40. The molecule has 1 atom stereocenters. The highest BCUT2D eigenvalue weighted by Crippen LogP contribution is 2.43. The average molecular weight is 316 g/mol. The van der Waals surface area contributed by atoms with E-state index in [2.05, 4.69) is 10.3 Å². The maximum absolute atomic E-state index is 12.6. The van der Waals surface area contributed by atoms with E-state index in [1.165, 1.54) is 0 Å². The van der Waals surface area contributed by atoms with Gasteiger partial charge < -0.3 is 14.8 Å². The number of carbonyl (C=O) groups excluding carboxylic acids is 1. The molecule has 1 aromatic heterocycles. The Bertz CT molecular complexity index is 772. The Morgan fingerprint density at radius 2 is 1.82 bits per heavy atom. The minimum absolute atomic E-state index is 0.341. The number of fused-ring (bicyclic) bond motifs is 2. The molecule has 1 unspecified atom stereocenters. The molecule has 1 saturated heterocycles. The summed E-state index contributed by atoms with van der Waals surface area (Å²) in [6.07, 6.45) is 3.19. The highest BCUT2D eigenvalue weighted by molar-refractivity contribution is 7.85. The molecule has 6 nitrogen and oxygen atoms in total. The van der Waals surface area contributed by atoms with E-state index in [1.54, 1.807) is 42.7 Å². The number of pyridine rings is 1. The molecule has 3 heterocycles. The first kappa shape index (κ1) is 13.6. The van der Waals surface area contributed by atoms with E-state index >= 15 is 0 Å². The van der Waals surface area contributed by atoms with E-state index in [9.17, 15) is 9.00 Å². The molecule has 0 saturated carbocycles. The molecule has 1 aromatic carbocycles. The molecule has 112 valence electrons. The number of ether oxygens (including phenoxy) is 2. The van der Waals surface area contributed by atoms with Crippen LogP contribution in [0.1, 0.15) is 5.56 Å². The lowest BCUT2D eigenvalue weighted by molar-refractivity contribution is -0.178. The molecule has 1 spiro atoms. The summed E-state index contributed by atoms with van der Waals surface area (Å²) in [5.41, 5.74) is 1.21. The summed E-state index contributed by atoms with van der Waals surface area (Å²) in [6.45, 7) is 0.703. The van der Waals surface area contributed by atoms with Crippen molar-refractivity contribution in [1.82, 2.24) is 4.98 Å². The molecule has 2 aliphatic rings. The SMILES string of the molecule is O=C1Nc2ccc(S(=O)c3ccncc3)cc2C12OCCO2. The number of rotatable bonds is 2. The summed E-state index contributed by atoms with van der Waals surface area (Å²) in [4.78, 5) is 17.3. The van der Waals surface area contributed by atoms with E-state index in [1.807, 2.05) is 0 Å². The van der Waals surface area contributed by atoms with Crippen molar-refractivity contribution in [2.45, 2.75) is 15.6 Å². The first-order valence-electron chi connectivity index (χ1n) is 6.76. The second-order valence-corrected chi connectivity index (χ2v) is 6.41. The lowest BCUT2D eigenvalue weighted by Gasteiger charge is -2.19. The fraction of sp³-hybridized carbons (Fsp3) is 0.200. The van der Waals surface area contributed by atoms with Gasteiger partial charge in [-0.1, -0.05) is 0 Å². The molecule has 1 fully saturated rings. The molecule has 7 heteroatoms. The third-order valence-corrected chi connectivity index (χ3v) is 5.05. The molecule has 22 heavy (non-hydrogen) atoms. The van der Waals surface area contributed by atoms with Crippen LogP contribution >= 0.6 is 0 Å². The van der Waals surface area contributed by atoms with Gasteiger partial charge in [0.05, 0.1) is 29.7 Å². The zero-order chi connectivity index (χ0) is 15.2. The fourth-order valence-corrected chi connectivity index (χ4v) is 3.70. The van der Waals surface area contributed by atoms with Gasteiger partial charge in [0, 0.05) is 27.7 Å². The Kier molecular flexibility index (Phi) is 3.07. The number of hydrogen-bond acceptors (Lipinski definition) is 5. The van der Waals surface area contributed by atoms with Gasteiger partial charge in [0.15, 0.2) is 0 Å². The van der Waals surface area contributed by atoms with Gasteiger partial charge in [-0.2, -0.15) is 0 Å². The largest absolute Gasteiger partial charge is 0.336 e. The normalized spacial score (nSPS) is 19.9. The number of carbonyl (C=O) groups is 1. The van der Waals surface area contributed by atoms with E-state index in [4.69, 9.17) is 9.47 Å². The van der Waals surface area contributed by atoms with Crippen LogP contribution in [0.2, 0.25) is 0 Å². The van der Waals surface area contributed by atoms with Gasteiger partial charge >= 0.3 is 0 Å². The molecule has 2 aromatic rings. The van der Waals surface area contributed by atoms with Crippen LogP contribution in [-0.4, -0.2) is 28.3 Å². The Labute approximate surface area is 128 Å². The first-order chi connectivity index (χ1) is 10.7. The van der Waals surface area contributed by atoms with Crippen LogP contribution < -0.4 is 5.32 Å². The predicted octanol–water partition coefficient (Wildman–Crippen LogP) is 1.40. The van der Waals surface area contributed by atoms with Gasteiger partial charge in [-0.25, -0.2) is 4.21 Å². The predicted molar refractivity (Wildman–Crippen MR) is 77.6 cm³/mol. The molecule has 2 aliphatic heterocycles. The minimum Gasteiger partial charge on any atom is -0.336 e. The lowest BCUT2D eigenvalue weighted by Crippen LogP contribution is -2.35. The van der Waals surface area contributed by atoms with Crippen molar-refractivity contribution >= 4 is 22.4 Å². The third kappa shape index (κ3) is 1.90. The second-order valence-electron chi connectivity index (χ2n) is 4.93. The number of amides is 1. The number of benzene rings is 1. The Hall–Kier alpha value is -2.09. The Morgan fingerprint density at radius 3 is 2.55 bits per heavy atom. The standard InChI is InChI=1S/C15H12N2O4S/c18-14-15(20-7-8-21-15)12-9-11(1-2-13(12)17-14)22(19)10-3-5-16-6-4-10/h1-6,9H,7-8H2,(H,17,18). The van der Waals surface area contributed by atoms with E-state index in [0.717, 1.165) is 0 Å². The zero-order valence-corrected chi connectivity index (χ0v) is 12.3. The van der Waals surface area contributed by atoms with Crippen molar-refractivity contribution in [3.63, 3.8) is 0 Å². The van der Waals surface area contributed by atoms with Gasteiger partial charge in [0.1, 0.15) is 0 Å². The van der Waals surface area contributed by atoms with Gasteiger partial charge in [0.2, 0.25) is 0 Å². The van der Waals surface area contributed by atoms with Crippen molar-refractivity contribution in [2.24, 2.45) is 0 Å². The highest BCUT2D eigenvalue weighted by Gasteiger charge is 2.52. The first-order valence-corrected chi connectivity index (χ1v) is 7.91. The molecular weight excluding hydrogens is 304 g/mol. The summed E-state index contributed by atoms with van der Waals surface area (Å²) in [6, 6.07) is 8.55. The molecule has 0 radical (unpaired) electrons. The van der Waals surface area contributed by atoms with Crippen LogP contribution in [0.15, 0.2) is 52.5 Å². The molecule has 4 rings (SSSR count). The summed E-state index contributed by atoms with van der Waals surface area (Å²) in [7, 11) is -1.36. The fourth-order valence-electron chi connectivity index (χ4n) is 2.64. The molecule has 0 aliphatic carbocycles. The highest BCUT2D eigenvalue weighted by atomic mass is 32.2. The smallest absolute Gasteiger partial charge is 0.289 e. The van der Waals surface area contributed by atoms with Crippen molar-refractivity contribution in [3.05, 3.63) is 48.3 Å². The van der Waals surface area contributed by atoms with Gasteiger partial charge in [-0.15, -0.1) is 0 Å². The molecule has 1 N–H and O–H groups in total. The van der Waals surface area contributed by atoms with E-state index < -0.39 is 16.6 Å². The van der Waals surface area contributed by atoms with Gasteiger partial charge in [-0.05, 0) is 30.3 Å². The van der Waals surface area contributed by atoms with Crippen molar-refractivity contribution in [2.75, 3.05) is 18.5 Å². The quantitative estimate of drug-likeness (QED) is 0.906. The molecule has 1 amide bonds. The molecule has 0 bridgehead atoms. The van der Waals surface area contributed by atoms with Crippen LogP contribution in [0.4, 0.5) is 5.69 Å². The summed E-state index contributed by atoms with van der Waals surface area (Å²) in [5.74, 6) is -1.74. The average Bonchev–Trinajstić information content (AvgIpc) is 3.15. The van der Waals surface area contributed by atoms with Crippen LogP contribution in [0.25, 0.3) is 0 Å². The van der Waals surface area contributed by atoms with Crippen LogP contribution in [-0.2, 0) is 30.9 Å².